The molecule has 1 aliphatic rings. The Bertz CT molecular complexity index is 711. The number of fused-ring (bicyclic) bond motifs is 1. The van der Waals surface area contributed by atoms with Crippen LogP contribution in [0.4, 0.5) is 0 Å². The molecule has 0 atom stereocenters. The van der Waals surface area contributed by atoms with E-state index in [1.54, 1.807) is 7.05 Å². The molecule has 0 bridgehead atoms. The van der Waals surface area contributed by atoms with E-state index < -0.39 is 0 Å². The van der Waals surface area contributed by atoms with Gasteiger partial charge in [-0.3, -0.25) is 9.67 Å². The molecule has 0 spiro atoms. The molecule has 24 heavy (non-hydrogen) atoms. The lowest BCUT2D eigenvalue weighted by atomic mass is 10.1. The quantitative estimate of drug-likeness (QED) is 0.613. The SMILES string of the molecule is CN=C(NCCc1ccc2c(c1)OCO2)NCCc1cnn(C)c1. The molecular formula is C17H23N5O2. The van der Waals surface area contributed by atoms with E-state index in [1.807, 2.05) is 36.3 Å². The van der Waals surface area contributed by atoms with Crippen molar-refractivity contribution >= 4 is 5.96 Å². The first-order valence-corrected chi connectivity index (χ1v) is 8.05. The highest BCUT2D eigenvalue weighted by Crippen LogP contribution is 2.32. The molecule has 1 aromatic heterocycles. The van der Waals surface area contributed by atoms with Crippen molar-refractivity contribution in [1.29, 1.82) is 0 Å². The molecule has 7 heteroatoms. The van der Waals surface area contributed by atoms with E-state index in [-0.39, 0.29) is 0 Å². The van der Waals surface area contributed by atoms with Crippen molar-refractivity contribution in [2.45, 2.75) is 12.8 Å². The van der Waals surface area contributed by atoms with Crippen molar-refractivity contribution in [2.24, 2.45) is 12.0 Å². The summed E-state index contributed by atoms with van der Waals surface area (Å²) in [6, 6.07) is 6.05. The van der Waals surface area contributed by atoms with Crippen LogP contribution in [0.5, 0.6) is 11.5 Å². The predicted octanol–water partition coefficient (Wildman–Crippen LogP) is 1.10. The second kappa shape index (κ2) is 7.72. The summed E-state index contributed by atoms with van der Waals surface area (Å²) >= 11 is 0. The van der Waals surface area contributed by atoms with Crippen molar-refractivity contribution in [3.05, 3.63) is 41.7 Å². The van der Waals surface area contributed by atoms with Gasteiger partial charge in [0.05, 0.1) is 6.20 Å². The largest absolute Gasteiger partial charge is 0.454 e. The average molecular weight is 329 g/mol. The summed E-state index contributed by atoms with van der Waals surface area (Å²) in [7, 11) is 3.70. The molecule has 2 heterocycles. The van der Waals surface area contributed by atoms with Gasteiger partial charge in [-0.2, -0.15) is 5.10 Å². The smallest absolute Gasteiger partial charge is 0.231 e. The van der Waals surface area contributed by atoms with E-state index in [2.05, 4.69) is 26.8 Å². The molecular weight excluding hydrogens is 306 g/mol. The molecule has 0 radical (unpaired) electrons. The fourth-order valence-electron chi connectivity index (χ4n) is 2.57. The van der Waals surface area contributed by atoms with Gasteiger partial charge in [0.15, 0.2) is 17.5 Å². The number of guanidine groups is 1. The Morgan fingerprint density at radius 3 is 2.62 bits per heavy atom. The second-order valence-corrected chi connectivity index (χ2v) is 5.64. The Kier molecular flexibility index (Phi) is 5.20. The summed E-state index contributed by atoms with van der Waals surface area (Å²) in [4.78, 5) is 4.24. The normalized spacial score (nSPS) is 13.2. The molecule has 0 amide bonds. The summed E-state index contributed by atoms with van der Waals surface area (Å²) in [5, 5.41) is 10.8. The predicted molar refractivity (Wildman–Crippen MR) is 92.5 cm³/mol. The zero-order valence-corrected chi connectivity index (χ0v) is 14.1. The Balaban J connectivity index is 1.39. The monoisotopic (exact) mass is 329 g/mol. The van der Waals surface area contributed by atoms with Crippen LogP contribution in [0.15, 0.2) is 35.6 Å². The van der Waals surface area contributed by atoms with Gasteiger partial charge < -0.3 is 20.1 Å². The van der Waals surface area contributed by atoms with E-state index in [1.165, 1.54) is 11.1 Å². The molecule has 128 valence electrons. The Morgan fingerprint density at radius 2 is 1.92 bits per heavy atom. The summed E-state index contributed by atoms with van der Waals surface area (Å²) in [6.45, 7) is 1.92. The van der Waals surface area contributed by atoms with Crippen molar-refractivity contribution in [3.63, 3.8) is 0 Å². The highest BCUT2D eigenvalue weighted by atomic mass is 16.7. The van der Waals surface area contributed by atoms with Crippen molar-refractivity contribution in [1.82, 2.24) is 20.4 Å². The van der Waals surface area contributed by atoms with Crippen molar-refractivity contribution in [3.8, 4) is 11.5 Å². The fourth-order valence-corrected chi connectivity index (χ4v) is 2.57. The second-order valence-electron chi connectivity index (χ2n) is 5.64. The zero-order valence-electron chi connectivity index (χ0n) is 14.1. The highest BCUT2D eigenvalue weighted by Gasteiger charge is 2.12. The molecule has 7 nitrogen and oxygen atoms in total. The van der Waals surface area contributed by atoms with Crippen LogP contribution in [0.3, 0.4) is 0 Å². The number of rotatable bonds is 6. The molecule has 0 saturated heterocycles. The summed E-state index contributed by atoms with van der Waals surface area (Å²) in [6.07, 6.45) is 5.71. The van der Waals surface area contributed by atoms with E-state index in [0.29, 0.717) is 6.79 Å². The van der Waals surface area contributed by atoms with E-state index in [9.17, 15) is 0 Å². The molecule has 0 saturated carbocycles. The number of aliphatic imine (C=N–C) groups is 1. The number of ether oxygens (including phenoxy) is 2. The molecule has 1 aliphatic heterocycles. The van der Waals surface area contributed by atoms with Crippen LogP contribution in [0.25, 0.3) is 0 Å². The molecule has 2 aromatic rings. The lowest BCUT2D eigenvalue weighted by Crippen LogP contribution is -2.39. The van der Waals surface area contributed by atoms with Crippen LogP contribution >= 0.6 is 0 Å². The van der Waals surface area contributed by atoms with Gasteiger partial charge in [-0.05, 0) is 36.1 Å². The first-order chi connectivity index (χ1) is 11.7. The van der Waals surface area contributed by atoms with Gasteiger partial charge in [0, 0.05) is 33.4 Å². The van der Waals surface area contributed by atoms with Gasteiger partial charge in [-0.1, -0.05) is 6.07 Å². The van der Waals surface area contributed by atoms with Crippen LogP contribution in [0.1, 0.15) is 11.1 Å². The summed E-state index contributed by atoms with van der Waals surface area (Å²) in [5.74, 6) is 2.45. The van der Waals surface area contributed by atoms with Gasteiger partial charge >= 0.3 is 0 Å². The van der Waals surface area contributed by atoms with Crippen molar-refractivity contribution < 1.29 is 9.47 Å². The Morgan fingerprint density at radius 1 is 1.17 bits per heavy atom. The first-order valence-electron chi connectivity index (χ1n) is 8.05. The van der Waals surface area contributed by atoms with Gasteiger partial charge in [0.1, 0.15) is 0 Å². The number of hydrogen-bond donors (Lipinski definition) is 2. The first kappa shape index (κ1) is 16.2. The average Bonchev–Trinajstić information content (AvgIpc) is 3.21. The van der Waals surface area contributed by atoms with E-state index >= 15 is 0 Å². The van der Waals surface area contributed by atoms with Crippen LogP contribution in [-0.4, -0.2) is 42.7 Å². The third-order valence-corrected chi connectivity index (χ3v) is 3.83. The van der Waals surface area contributed by atoms with E-state index in [0.717, 1.165) is 43.4 Å². The molecule has 1 aromatic carbocycles. The Hall–Kier alpha value is -2.70. The standard InChI is InChI=1S/C17H23N5O2/c1-18-17(20-8-6-14-10-21-22(2)11-14)19-7-5-13-3-4-15-16(9-13)24-12-23-15/h3-4,9-11H,5-8,12H2,1-2H3,(H2,18,19,20). The minimum absolute atomic E-state index is 0.310. The maximum absolute atomic E-state index is 5.40. The highest BCUT2D eigenvalue weighted by molar-refractivity contribution is 5.79. The lowest BCUT2D eigenvalue weighted by Gasteiger charge is -2.11. The van der Waals surface area contributed by atoms with Gasteiger partial charge in [-0.15, -0.1) is 0 Å². The summed E-state index contributed by atoms with van der Waals surface area (Å²) in [5.41, 5.74) is 2.42. The third-order valence-electron chi connectivity index (χ3n) is 3.83. The molecule has 0 unspecified atom stereocenters. The van der Waals surface area contributed by atoms with Gasteiger partial charge in [0.25, 0.3) is 0 Å². The van der Waals surface area contributed by atoms with Crippen molar-refractivity contribution in [2.75, 3.05) is 26.9 Å². The fraction of sp³-hybridized carbons (Fsp3) is 0.412. The number of aromatic nitrogens is 2. The molecule has 2 N–H and O–H groups in total. The summed E-state index contributed by atoms with van der Waals surface area (Å²) < 4.78 is 12.5. The van der Waals surface area contributed by atoms with Gasteiger partial charge in [-0.25, -0.2) is 0 Å². The number of nitrogens with one attached hydrogen (secondary N) is 2. The van der Waals surface area contributed by atoms with E-state index in [4.69, 9.17) is 9.47 Å². The Labute approximate surface area is 141 Å². The number of nitrogens with zero attached hydrogens (tertiary/aromatic N) is 3. The van der Waals surface area contributed by atoms with Gasteiger partial charge in [0.2, 0.25) is 6.79 Å². The number of benzene rings is 1. The van der Waals surface area contributed by atoms with Crippen LogP contribution in [0, 0.1) is 0 Å². The number of hydrogen-bond acceptors (Lipinski definition) is 4. The molecule has 0 fully saturated rings. The topological polar surface area (TPSA) is 72.7 Å². The van der Waals surface area contributed by atoms with Crippen LogP contribution in [0.2, 0.25) is 0 Å². The maximum Gasteiger partial charge on any atom is 0.231 e. The molecule has 3 rings (SSSR count). The van der Waals surface area contributed by atoms with Crippen LogP contribution < -0.4 is 20.1 Å². The van der Waals surface area contributed by atoms with Crippen LogP contribution in [-0.2, 0) is 19.9 Å². The molecule has 0 aliphatic carbocycles. The maximum atomic E-state index is 5.40. The number of aryl methyl sites for hydroxylation is 1. The minimum atomic E-state index is 0.310. The third kappa shape index (κ3) is 4.18. The lowest BCUT2D eigenvalue weighted by molar-refractivity contribution is 0.174. The zero-order chi connectivity index (χ0) is 16.8. The minimum Gasteiger partial charge on any atom is -0.454 e.